The van der Waals surface area contributed by atoms with Gasteiger partial charge in [-0.1, -0.05) is 6.07 Å². The van der Waals surface area contributed by atoms with Crippen LogP contribution in [0.5, 0.6) is 11.5 Å². The number of thiophene rings is 1. The molecule has 0 aliphatic carbocycles. The first kappa shape index (κ1) is 17.2. The SMILES string of the molecule is O=C(Nc1ccc2c(c1)OCCO2)N1CCCN(Cc2cccs2)CC1. The van der Waals surface area contributed by atoms with Crippen molar-refractivity contribution in [1.82, 2.24) is 9.80 Å². The molecule has 0 saturated carbocycles. The first-order valence-corrected chi connectivity index (χ1v) is 9.86. The molecule has 2 aliphatic heterocycles. The van der Waals surface area contributed by atoms with E-state index in [-0.39, 0.29) is 6.03 Å². The number of carbonyl (C=O) groups excluding carboxylic acids is 1. The molecular formula is C19H23N3O3S. The fraction of sp³-hybridized carbons (Fsp3) is 0.421. The lowest BCUT2D eigenvalue weighted by molar-refractivity contribution is 0.171. The van der Waals surface area contributed by atoms with Gasteiger partial charge in [-0.3, -0.25) is 4.90 Å². The first-order valence-electron chi connectivity index (χ1n) is 8.98. The van der Waals surface area contributed by atoms with Crippen molar-refractivity contribution in [2.24, 2.45) is 0 Å². The van der Waals surface area contributed by atoms with Crippen LogP contribution >= 0.6 is 11.3 Å². The molecule has 1 saturated heterocycles. The number of ether oxygens (including phenoxy) is 2. The van der Waals surface area contributed by atoms with Crippen molar-refractivity contribution < 1.29 is 14.3 Å². The Balaban J connectivity index is 1.33. The Hall–Kier alpha value is -2.25. The highest BCUT2D eigenvalue weighted by atomic mass is 32.1. The lowest BCUT2D eigenvalue weighted by Gasteiger charge is -2.23. The van der Waals surface area contributed by atoms with Gasteiger partial charge in [0.1, 0.15) is 13.2 Å². The number of fused-ring (bicyclic) bond motifs is 1. The third-order valence-corrected chi connectivity index (χ3v) is 5.49. The van der Waals surface area contributed by atoms with Gasteiger partial charge in [0.25, 0.3) is 0 Å². The number of hydrogen-bond acceptors (Lipinski definition) is 5. The number of urea groups is 1. The van der Waals surface area contributed by atoms with Crippen LogP contribution in [0.1, 0.15) is 11.3 Å². The van der Waals surface area contributed by atoms with E-state index in [4.69, 9.17) is 9.47 Å². The monoisotopic (exact) mass is 373 g/mol. The Bertz CT molecular complexity index is 750. The second-order valence-electron chi connectivity index (χ2n) is 6.48. The van der Waals surface area contributed by atoms with E-state index in [9.17, 15) is 4.79 Å². The number of benzene rings is 1. The minimum absolute atomic E-state index is 0.0559. The number of hydrogen-bond donors (Lipinski definition) is 1. The maximum absolute atomic E-state index is 12.6. The van der Waals surface area contributed by atoms with Crippen molar-refractivity contribution in [2.75, 3.05) is 44.7 Å². The van der Waals surface area contributed by atoms with Gasteiger partial charge in [-0.15, -0.1) is 11.3 Å². The molecule has 0 spiro atoms. The molecule has 6 nitrogen and oxygen atoms in total. The van der Waals surface area contributed by atoms with Gasteiger partial charge in [0.2, 0.25) is 0 Å². The van der Waals surface area contributed by atoms with Gasteiger partial charge < -0.3 is 19.7 Å². The summed E-state index contributed by atoms with van der Waals surface area (Å²) in [5.74, 6) is 1.42. The maximum atomic E-state index is 12.6. The molecule has 26 heavy (non-hydrogen) atoms. The van der Waals surface area contributed by atoms with Gasteiger partial charge in [0.05, 0.1) is 0 Å². The van der Waals surface area contributed by atoms with E-state index in [2.05, 4.69) is 27.7 Å². The lowest BCUT2D eigenvalue weighted by atomic mass is 10.2. The summed E-state index contributed by atoms with van der Waals surface area (Å²) < 4.78 is 11.1. The second-order valence-corrected chi connectivity index (χ2v) is 7.52. The van der Waals surface area contributed by atoms with Crippen LogP contribution in [-0.2, 0) is 6.54 Å². The van der Waals surface area contributed by atoms with E-state index < -0.39 is 0 Å². The summed E-state index contributed by atoms with van der Waals surface area (Å²) in [7, 11) is 0. The van der Waals surface area contributed by atoms with Gasteiger partial charge in [0, 0.05) is 49.4 Å². The molecule has 3 heterocycles. The Morgan fingerprint density at radius 3 is 2.81 bits per heavy atom. The normalized spacial score (nSPS) is 17.6. The molecule has 2 amide bonds. The summed E-state index contributed by atoms with van der Waals surface area (Å²) in [6.07, 6.45) is 0.986. The molecule has 138 valence electrons. The van der Waals surface area contributed by atoms with E-state index in [1.807, 2.05) is 23.1 Å². The molecule has 1 aromatic carbocycles. The van der Waals surface area contributed by atoms with Gasteiger partial charge >= 0.3 is 6.03 Å². The summed E-state index contributed by atoms with van der Waals surface area (Å²) in [6, 6.07) is 9.72. The topological polar surface area (TPSA) is 54.0 Å². The largest absolute Gasteiger partial charge is 0.486 e. The third-order valence-electron chi connectivity index (χ3n) is 4.63. The molecule has 1 N–H and O–H groups in total. The van der Waals surface area contributed by atoms with Crippen LogP contribution in [0.4, 0.5) is 10.5 Å². The number of nitrogens with zero attached hydrogens (tertiary/aromatic N) is 2. The van der Waals surface area contributed by atoms with Gasteiger partial charge in [-0.05, 0) is 30.0 Å². The van der Waals surface area contributed by atoms with E-state index in [0.29, 0.717) is 19.0 Å². The molecule has 2 aromatic rings. The molecule has 2 aliphatic rings. The average molecular weight is 373 g/mol. The minimum Gasteiger partial charge on any atom is -0.486 e. The number of anilines is 1. The zero-order valence-electron chi connectivity index (χ0n) is 14.6. The zero-order chi connectivity index (χ0) is 17.8. The standard InChI is InChI=1S/C19H23N3O3S/c23-19(20-15-4-5-17-18(13-15)25-11-10-24-17)22-7-2-6-21(8-9-22)14-16-3-1-12-26-16/h1,3-5,12-13H,2,6-11,14H2,(H,20,23). The minimum atomic E-state index is -0.0559. The Labute approximate surface area is 157 Å². The van der Waals surface area contributed by atoms with Crippen LogP contribution in [-0.4, -0.2) is 55.2 Å². The van der Waals surface area contributed by atoms with Crippen LogP contribution in [0.2, 0.25) is 0 Å². The maximum Gasteiger partial charge on any atom is 0.321 e. The molecule has 0 bridgehead atoms. The highest BCUT2D eigenvalue weighted by Crippen LogP contribution is 2.32. The molecule has 7 heteroatoms. The highest BCUT2D eigenvalue weighted by Gasteiger charge is 2.20. The first-order chi connectivity index (χ1) is 12.8. The van der Waals surface area contributed by atoms with Gasteiger partial charge in [0.15, 0.2) is 11.5 Å². The summed E-state index contributed by atoms with van der Waals surface area (Å²) in [6.45, 7) is 5.50. The van der Waals surface area contributed by atoms with Gasteiger partial charge in [-0.2, -0.15) is 0 Å². The number of carbonyl (C=O) groups is 1. The fourth-order valence-corrected chi connectivity index (χ4v) is 4.02. The third kappa shape index (κ3) is 4.11. The number of nitrogens with one attached hydrogen (secondary N) is 1. The van der Waals surface area contributed by atoms with Crippen molar-refractivity contribution in [1.29, 1.82) is 0 Å². The van der Waals surface area contributed by atoms with Crippen molar-refractivity contribution in [2.45, 2.75) is 13.0 Å². The second kappa shape index (κ2) is 7.97. The smallest absolute Gasteiger partial charge is 0.321 e. The summed E-state index contributed by atoms with van der Waals surface area (Å²) in [4.78, 5) is 18.3. The molecule has 1 aromatic heterocycles. The van der Waals surface area contributed by atoms with Crippen molar-refractivity contribution in [3.05, 3.63) is 40.6 Å². The van der Waals surface area contributed by atoms with Crippen molar-refractivity contribution >= 4 is 23.1 Å². The predicted octanol–water partition coefficient (Wildman–Crippen LogP) is 3.26. The lowest BCUT2D eigenvalue weighted by Crippen LogP contribution is -2.38. The van der Waals surface area contributed by atoms with E-state index in [0.717, 1.165) is 50.6 Å². The van der Waals surface area contributed by atoms with Crippen molar-refractivity contribution in [3.8, 4) is 11.5 Å². The summed E-state index contributed by atoms with van der Waals surface area (Å²) in [5.41, 5.74) is 0.735. The molecule has 1 fully saturated rings. The van der Waals surface area contributed by atoms with E-state index in [1.54, 1.807) is 11.3 Å². The molecule has 4 rings (SSSR count). The Morgan fingerprint density at radius 2 is 1.96 bits per heavy atom. The quantitative estimate of drug-likeness (QED) is 0.897. The molecule has 0 unspecified atom stereocenters. The van der Waals surface area contributed by atoms with Crippen molar-refractivity contribution in [3.63, 3.8) is 0 Å². The van der Waals surface area contributed by atoms with Crippen LogP contribution in [0.15, 0.2) is 35.7 Å². The molecular weight excluding hydrogens is 350 g/mol. The Morgan fingerprint density at radius 1 is 1.08 bits per heavy atom. The predicted molar refractivity (Wildman–Crippen MR) is 102 cm³/mol. The van der Waals surface area contributed by atoms with Crippen LogP contribution in [0, 0.1) is 0 Å². The fourth-order valence-electron chi connectivity index (χ4n) is 3.28. The average Bonchev–Trinajstić information content (AvgIpc) is 3.05. The molecule has 0 atom stereocenters. The van der Waals surface area contributed by atoms with E-state index in [1.165, 1.54) is 4.88 Å². The Kier molecular flexibility index (Phi) is 5.26. The van der Waals surface area contributed by atoms with Gasteiger partial charge in [-0.25, -0.2) is 4.79 Å². The molecule has 0 radical (unpaired) electrons. The van der Waals surface area contributed by atoms with Crippen LogP contribution in [0.25, 0.3) is 0 Å². The van der Waals surface area contributed by atoms with Crippen LogP contribution in [0.3, 0.4) is 0 Å². The van der Waals surface area contributed by atoms with Crippen LogP contribution < -0.4 is 14.8 Å². The summed E-state index contributed by atoms with van der Waals surface area (Å²) in [5, 5.41) is 5.10. The highest BCUT2D eigenvalue weighted by molar-refractivity contribution is 7.09. The zero-order valence-corrected chi connectivity index (χ0v) is 15.5. The number of rotatable bonds is 3. The summed E-state index contributed by atoms with van der Waals surface area (Å²) >= 11 is 1.79. The number of amides is 2. The van der Waals surface area contributed by atoms with E-state index >= 15 is 0 Å².